The number of urea groups is 1. The van der Waals surface area contributed by atoms with Gasteiger partial charge in [-0.05, 0) is 62.9 Å². The van der Waals surface area contributed by atoms with Crippen LogP contribution in [-0.4, -0.2) is 43.8 Å². The zero-order valence-corrected chi connectivity index (χ0v) is 21.0. The Morgan fingerprint density at radius 1 is 1.14 bits per heavy atom. The normalized spacial score (nSPS) is 21.5. The SMILES string of the molecule is CCN1c2cc(OC)c(/C=C3/C(=O)NC(=O)N(c4ccc5c(c4)OCO5)C3=O)cc2C(C)CC1(C)C. The Labute approximate surface area is 209 Å². The number of anilines is 2. The highest BCUT2D eigenvalue weighted by atomic mass is 16.7. The first-order chi connectivity index (χ1) is 17.1. The van der Waals surface area contributed by atoms with E-state index in [1.807, 2.05) is 12.1 Å². The predicted octanol–water partition coefficient (Wildman–Crippen LogP) is 4.20. The van der Waals surface area contributed by atoms with E-state index in [1.54, 1.807) is 19.2 Å². The molecule has 0 aliphatic carbocycles. The highest BCUT2D eigenvalue weighted by molar-refractivity contribution is 6.39. The van der Waals surface area contributed by atoms with E-state index >= 15 is 0 Å². The number of imide groups is 2. The van der Waals surface area contributed by atoms with Gasteiger partial charge in [0.15, 0.2) is 11.5 Å². The molecule has 4 amide bonds. The largest absolute Gasteiger partial charge is 0.496 e. The highest BCUT2D eigenvalue weighted by Crippen LogP contribution is 2.46. The number of methoxy groups -OCH3 is 1. The van der Waals surface area contributed by atoms with Crippen LogP contribution < -0.4 is 29.3 Å². The summed E-state index contributed by atoms with van der Waals surface area (Å²) in [5, 5.41) is 2.27. The van der Waals surface area contributed by atoms with Crippen LogP contribution in [0.1, 0.15) is 51.2 Å². The molecule has 188 valence electrons. The molecule has 3 aliphatic heterocycles. The fourth-order valence-corrected chi connectivity index (χ4v) is 5.49. The summed E-state index contributed by atoms with van der Waals surface area (Å²) in [6, 6.07) is 7.84. The third-order valence-electron chi connectivity index (χ3n) is 7.07. The zero-order valence-electron chi connectivity index (χ0n) is 21.0. The molecule has 9 heteroatoms. The lowest BCUT2D eigenvalue weighted by atomic mass is 9.79. The van der Waals surface area contributed by atoms with Gasteiger partial charge in [-0.3, -0.25) is 14.9 Å². The van der Waals surface area contributed by atoms with Crippen LogP contribution in [0.5, 0.6) is 17.2 Å². The summed E-state index contributed by atoms with van der Waals surface area (Å²) in [5.74, 6) is 0.259. The monoisotopic (exact) mass is 491 g/mol. The maximum atomic E-state index is 13.4. The number of nitrogens with one attached hydrogen (secondary N) is 1. The predicted molar refractivity (Wildman–Crippen MR) is 135 cm³/mol. The number of ether oxygens (including phenoxy) is 3. The Morgan fingerprint density at radius 2 is 1.89 bits per heavy atom. The molecule has 3 heterocycles. The van der Waals surface area contributed by atoms with Gasteiger partial charge in [-0.25, -0.2) is 9.69 Å². The van der Waals surface area contributed by atoms with E-state index in [9.17, 15) is 14.4 Å². The van der Waals surface area contributed by atoms with Crippen molar-refractivity contribution >= 4 is 35.3 Å². The van der Waals surface area contributed by atoms with E-state index in [0.29, 0.717) is 22.8 Å². The number of fused-ring (bicyclic) bond motifs is 2. The van der Waals surface area contributed by atoms with E-state index in [1.165, 1.54) is 12.1 Å². The minimum atomic E-state index is -0.826. The van der Waals surface area contributed by atoms with Crippen LogP contribution in [0.2, 0.25) is 0 Å². The molecule has 9 nitrogen and oxygen atoms in total. The van der Waals surface area contributed by atoms with Crippen molar-refractivity contribution in [2.75, 3.05) is 30.2 Å². The van der Waals surface area contributed by atoms with Crippen molar-refractivity contribution < 1.29 is 28.6 Å². The Kier molecular flexibility index (Phi) is 5.65. The van der Waals surface area contributed by atoms with Crippen LogP contribution in [0.4, 0.5) is 16.2 Å². The second-order valence-corrected chi connectivity index (χ2v) is 9.81. The van der Waals surface area contributed by atoms with Crippen LogP contribution >= 0.6 is 0 Å². The summed E-state index contributed by atoms with van der Waals surface area (Å²) in [5.41, 5.74) is 2.88. The van der Waals surface area contributed by atoms with Gasteiger partial charge in [-0.2, -0.15) is 0 Å². The maximum absolute atomic E-state index is 13.4. The number of hydrogen-bond acceptors (Lipinski definition) is 7. The molecular formula is C27H29N3O6. The molecule has 1 unspecified atom stereocenters. The van der Waals surface area contributed by atoms with Crippen LogP contribution in [0.15, 0.2) is 35.9 Å². The fraction of sp³-hybridized carbons (Fsp3) is 0.370. The molecule has 36 heavy (non-hydrogen) atoms. The minimum Gasteiger partial charge on any atom is -0.496 e. The maximum Gasteiger partial charge on any atom is 0.335 e. The Hall–Kier alpha value is -4.01. The number of amides is 4. The van der Waals surface area contributed by atoms with Crippen molar-refractivity contribution in [3.63, 3.8) is 0 Å². The molecule has 2 aromatic carbocycles. The van der Waals surface area contributed by atoms with Crippen molar-refractivity contribution in [3.05, 3.63) is 47.0 Å². The summed E-state index contributed by atoms with van der Waals surface area (Å²) in [7, 11) is 1.56. The van der Waals surface area contributed by atoms with Crippen LogP contribution in [0.25, 0.3) is 6.08 Å². The molecular weight excluding hydrogens is 462 g/mol. The number of barbiturate groups is 1. The lowest BCUT2D eigenvalue weighted by Crippen LogP contribution is -2.54. The smallest absolute Gasteiger partial charge is 0.335 e. The molecule has 5 rings (SSSR count). The lowest BCUT2D eigenvalue weighted by Gasteiger charge is -2.47. The number of benzene rings is 2. The summed E-state index contributed by atoms with van der Waals surface area (Å²) in [6.45, 7) is 9.65. The average molecular weight is 492 g/mol. The first-order valence-corrected chi connectivity index (χ1v) is 11.9. The standard InChI is InChI=1S/C27H29N3O6/c1-6-29-20-12-22(34-5)16(9-18(20)15(2)13-27(29,3)4)10-19-24(31)28-26(33)30(25(19)32)17-7-8-21-23(11-17)36-14-35-21/h7-12,15H,6,13-14H2,1-5H3,(H,28,31,33)/b19-10-. The number of hydrogen-bond donors (Lipinski definition) is 1. The summed E-state index contributed by atoms with van der Waals surface area (Å²) >= 11 is 0. The highest BCUT2D eigenvalue weighted by Gasteiger charge is 2.39. The molecule has 0 radical (unpaired) electrons. The van der Waals surface area contributed by atoms with Gasteiger partial charge >= 0.3 is 6.03 Å². The number of carbonyl (C=O) groups excluding carboxylic acids is 3. The summed E-state index contributed by atoms with van der Waals surface area (Å²) in [4.78, 5) is 42.1. The Balaban J connectivity index is 1.57. The van der Waals surface area contributed by atoms with Crippen molar-refractivity contribution in [1.29, 1.82) is 0 Å². The molecule has 0 bridgehead atoms. The fourth-order valence-electron chi connectivity index (χ4n) is 5.49. The molecule has 0 saturated carbocycles. The van der Waals surface area contributed by atoms with E-state index in [0.717, 1.165) is 29.1 Å². The van der Waals surface area contributed by atoms with Crippen LogP contribution in [0, 0.1) is 0 Å². The molecule has 2 aromatic rings. The first-order valence-electron chi connectivity index (χ1n) is 11.9. The van der Waals surface area contributed by atoms with Gasteiger partial charge in [0.25, 0.3) is 11.8 Å². The van der Waals surface area contributed by atoms with Crippen LogP contribution in [-0.2, 0) is 9.59 Å². The van der Waals surface area contributed by atoms with Gasteiger partial charge in [0.05, 0.1) is 12.8 Å². The molecule has 1 fully saturated rings. The van der Waals surface area contributed by atoms with E-state index in [-0.39, 0.29) is 29.5 Å². The minimum absolute atomic E-state index is 0.0170. The number of carbonyl (C=O) groups is 3. The Morgan fingerprint density at radius 3 is 2.61 bits per heavy atom. The second-order valence-electron chi connectivity index (χ2n) is 9.81. The van der Waals surface area contributed by atoms with Gasteiger partial charge < -0.3 is 19.1 Å². The quantitative estimate of drug-likeness (QED) is 0.506. The van der Waals surface area contributed by atoms with Gasteiger partial charge in [-0.1, -0.05) is 6.92 Å². The van der Waals surface area contributed by atoms with Gasteiger partial charge in [0, 0.05) is 35.5 Å². The molecule has 0 aromatic heterocycles. The first kappa shape index (κ1) is 23.7. The van der Waals surface area contributed by atoms with E-state index < -0.39 is 17.8 Å². The average Bonchev–Trinajstić information content (AvgIpc) is 3.29. The van der Waals surface area contributed by atoms with E-state index in [4.69, 9.17) is 14.2 Å². The summed E-state index contributed by atoms with van der Waals surface area (Å²) in [6.07, 6.45) is 2.45. The third-order valence-corrected chi connectivity index (χ3v) is 7.07. The third kappa shape index (κ3) is 3.75. The molecule has 1 atom stereocenters. The Bertz CT molecular complexity index is 1310. The zero-order chi connectivity index (χ0) is 25.8. The van der Waals surface area contributed by atoms with E-state index in [2.05, 4.69) is 37.9 Å². The van der Waals surface area contributed by atoms with Gasteiger partial charge in [0.1, 0.15) is 11.3 Å². The number of nitrogens with zero attached hydrogens (tertiary/aromatic N) is 2. The van der Waals surface area contributed by atoms with Crippen molar-refractivity contribution in [3.8, 4) is 17.2 Å². The van der Waals surface area contributed by atoms with Crippen molar-refractivity contribution in [2.45, 2.75) is 45.6 Å². The summed E-state index contributed by atoms with van der Waals surface area (Å²) < 4.78 is 16.4. The van der Waals surface area contributed by atoms with Crippen LogP contribution in [0.3, 0.4) is 0 Å². The van der Waals surface area contributed by atoms with Gasteiger partial charge in [-0.15, -0.1) is 0 Å². The van der Waals surface area contributed by atoms with Gasteiger partial charge in [0.2, 0.25) is 6.79 Å². The number of rotatable bonds is 4. The topological polar surface area (TPSA) is 97.4 Å². The molecule has 1 N–H and O–H groups in total. The second kappa shape index (κ2) is 8.58. The van der Waals surface area contributed by atoms with Crippen molar-refractivity contribution in [2.24, 2.45) is 0 Å². The molecule has 1 saturated heterocycles. The molecule has 3 aliphatic rings. The lowest BCUT2D eigenvalue weighted by molar-refractivity contribution is -0.122. The van der Waals surface area contributed by atoms with Crippen molar-refractivity contribution in [1.82, 2.24) is 5.32 Å². The molecule has 0 spiro atoms.